The van der Waals surface area contributed by atoms with Crippen molar-refractivity contribution in [3.63, 3.8) is 0 Å². The summed E-state index contributed by atoms with van der Waals surface area (Å²) in [5, 5.41) is 0. The highest BCUT2D eigenvalue weighted by Gasteiger charge is 2.15. The molecule has 2 N–H and O–H groups in total. The number of benzene rings is 1. The fourth-order valence-electron chi connectivity index (χ4n) is 1.43. The van der Waals surface area contributed by atoms with Gasteiger partial charge in [0.25, 0.3) is 0 Å². The molecule has 0 fully saturated rings. The van der Waals surface area contributed by atoms with Crippen LogP contribution in [-0.2, 0) is 4.74 Å². The molecule has 16 heavy (non-hydrogen) atoms. The van der Waals surface area contributed by atoms with Gasteiger partial charge in [-0.15, -0.1) is 0 Å². The lowest BCUT2D eigenvalue weighted by Gasteiger charge is -2.13. The van der Waals surface area contributed by atoms with Crippen LogP contribution in [0, 0.1) is 13.8 Å². The van der Waals surface area contributed by atoms with Crippen LogP contribution in [0.25, 0.3) is 0 Å². The third kappa shape index (κ3) is 2.75. The summed E-state index contributed by atoms with van der Waals surface area (Å²) in [5.74, 6) is -0.290. The second-order valence-electron chi connectivity index (χ2n) is 4.13. The first-order valence-electron chi connectivity index (χ1n) is 5.53. The molecule has 3 nitrogen and oxygen atoms in total. The number of nitrogens with two attached hydrogens (primary N) is 1. The monoisotopic (exact) mass is 221 g/mol. The van der Waals surface area contributed by atoms with Crippen LogP contribution in [0.15, 0.2) is 12.1 Å². The van der Waals surface area contributed by atoms with Crippen molar-refractivity contribution in [3.8, 4) is 0 Å². The molecule has 0 aliphatic heterocycles. The molecule has 0 saturated carbocycles. The van der Waals surface area contributed by atoms with E-state index in [0.717, 1.165) is 17.5 Å². The maximum atomic E-state index is 11.9. The number of rotatable bonds is 3. The molecule has 0 aromatic heterocycles. The standard InChI is InChI=1S/C13H19NO2/c1-5-9(3)16-13(15)12-7-11(14)6-8(2)10(12)4/h6-7,9H,5,14H2,1-4H3. The first-order valence-corrected chi connectivity index (χ1v) is 5.53. The smallest absolute Gasteiger partial charge is 0.338 e. The van der Waals surface area contributed by atoms with Crippen LogP contribution < -0.4 is 5.73 Å². The molecule has 1 unspecified atom stereocenters. The lowest BCUT2D eigenvalue weighted by molar-refractivity contribution is 0.0333. The average molecular weight is 221 g/mol. The third-order valence-electron chi connectivity index (χ3n) is 2.79. The van der Waals surface area contributed by atoms with Crippen LogP contribution in [0.4, 0.5) is 5.69 Å². The SMILES string of the molecule is CCC(C)OC(=O)c1cc(N)cc(C)c1C. The zero-order valence-electron chi connectivity index (χ0n) is 10.3. The van der Waals surface area contributed by atoms with Gasteiger partial charge >= 0.3 is 5.97 Å². The van der Waals surface area contributed by atoms with Gasteiger partial charge < -0.3 is 10.5 Å². The van der Waals surface area contributed by atoms with Gasteiger partial charge in [0, 0.05) is 5.69 Å². The molecule has 88 valence electrons. The molecule has 0 spiro atoms. The summed E-state index contributed by atoms with van der Waals surface area (Å²) in [5.41, 5.74) is 8.83. The second-order valence-corrected chi connectivity index (χ2v) is 4.13. The molecule has 0 aliphatic carbocycles. The summed E-state index contributed by atoms with van der Waals surface area (Å²) in [6.07, 6.45) is 0.750. The van der Waals surface area contributed by atoms with E-state index in [1.54, 1.807) is 6.07 Å². The Labute approximate surface area is 96.6 Å². The van der Waals surface area contributed by atoms with Gasteiger partial charge in [-0.25, -0.2) is 4.79 Å². The highest BCUT2D eigenvalue weighted by atomic mass is 16.5. The number of nitrogen functional groups attached to an aromatic ring is 1. The number of hydrogen-bond donors (Lipinski definition) is 1. The molecule has 0 bridgehead atoms. The van der Waals surface area contributed by atoms with Crippen molar-refractivity contribution in [2.75, 3.05) is 5.73 Å². The lowest BCUT2D eigenvalue weighted by Crippen LogP contribution is -2.15. The topological polar surface area (TPSA) is 52.3 Å². The summed E-state index contributed by atoms with van der Waals surface area (Å²) in [6.45, 7) is 7.70. The van der Waals surface area contributed by atoms with Gasteiger partial charge in [0.1, 0.15) is 0 Å². The van der Waals surface area contributed by atoms with E-state index in [0.29, 0.717) is 11.3 Å². The normalized spacial score (nSPS) is 12.2. The Balaban J connectivity index is 2.99. The first kappa shape index (κ1) is 12.6. The van der Waals surface area contributed by atoms with E-state index in [-0.39, 0.29) is 12.1 Å². The minimum Gasteiger partial charge on any atom is -0.459 e. The summed E-state index contributed by atoms with van der Waals surface area (Å²) >= 11 is 0. The van der Waals surface area contributed by atoms with Crippen molar-refractivity contribution >= 4 is 11.7 Å². The highest BCUT2D eigenvalue weighted by Crippen LogP contribution is 2.19. The Kier molecular flexibility index (Phi) is 3.93. The second kappa shape index (κ2) is 5.01. The van der Waals surface area contributed by atoms with Crippen LogP contribution in [0.2, 0.25) is 0 Å². The number of carbonyl (C=O) groups is 1. The number of aryl methyl sites for hydroxylation is 1. The molecule has 0 saturated heterocycles. The molecule has 0 aliphatic rings. The predicted octanol–water partition coefficient (Wildman–Crippen LogP) is 2.84. The molecule has 0 amide bonds. The van der Waals surface area contributed by atoms with Gasteiger partial charge in [0.05, 0.1) is 11.7 Å². The maximum absolute atomic E-state index is 11.9. The fraction of sp³-hybridized carbons (Fsp3) is 0.462. The van der Waals surface area contributed by atoms with Crippen molar-refractivity contribution in [1.29, 1.82) is 0 Å². The van der Waals surface area contributed by atoms with Gasteiger partial charge in [0.15, 0.2) is 0 Å². The number of hydrogen-bond acceptors (Lipinski definition) is 3. The van der Waals surface area contributed by atoms with E-state index in [9.17, 15) is 4.79 Å². The minimum atomic E-state index is -0.290. The molecule has 1 atom stereocenters. The summed E-state index contributed by atoms with van der Waals surface area (Å²) in [7, 11) is 0. The largest absolute Gasteiger partial charge is 0.459 e. The van der Waals surface area contributed by atoms with Crippen LogP contribution in [0.1, 0.15) is 41.8 Å². The molecular weight excluding hydrogens is 202 g/mol. The molecule has 1 rings (SSSR count). The number of esters is 1. The number of anilines is 1. The van der Waals surface area contributed by atoms with E-state index < -0.39 is 0 Å². The van der Waals surface area contributed by atoms with Gasteiger partial charge in [0.2, 0.25) is 0 Å². The Hall–Kier alpha value is -1.51. The van der Waals surface area contributed by atoms with Crippen molar-refractivity contribution in [1.82, 2.24) is 0 Å². The van der Waals surface area contributed by atoms with Gasteiger partial charge in [-0.05, 0) is 50.5 Å². The molecular formula is C13H19NO2. The Morgan fingerprint density at radius 2 is 2.06 bits per heavy atom. The first-order chi connectivity index (χ1) is 7.45. The van der Waals surface area contributed by atoms with Crippen LogP contribution in [0.3, 0.4) is 0 Å². The molecule has 0 radical (unpaired) electrons. The van der Waals surface area contributed by atoms with Gasteiger partial charge in [-0.1, -0.05) is 6.92 Å². The predicted molar refractivity (Wildman–Crippen MR) is 65.5 cm³/mol. The Morgan fingerprint density at radius 1 is 1.44 bits per heavy atom. The molecule has 3 heteroatoms. The van der Waals surface area contributed by atoms with Crippen LogP contribution in [0.5, 0.6) is 0 Å². The summed E-state index contributed by atoms with van der Waals surface area (Å²) < 4.78 is 5.28. The highest BCUT2D eigenvalue weighted by molar-refractivity contribution is 5.92. The Morgan fingerprint density at radius 3 is 2.62 bits per heavy atom. The average Bonchev–Trinajstić information content (AvgIpc) is 2.22. The van der Waals surface area contributed by atoms with E-state index in [1.165, 1.54) is 0 Å². The fourth-order valence-corrected chi connectivity index (χ4v) is 1.43. The molecule has 0 heterocycles. The van der Waals surface area contributed by atoms with E-state index in [1.807, 2.05) is 33.8 Å². The minimum absolute atomic E-state index is 0.0614. The molecule has 1 aromatic carbocycles. The van der Waals surface area contributed by atoms with E-state index >= 15 is 0 Å². The quantitative estimate of drug-likeness (QED) is 0.630. The van der Waals surface area contributed by atoms with Crippen molar-refractivity contribution in [2.24, 2.45) is 0 Å². The van der Waals surface area contributed by atoms with Crippen molar-refractivity contribution in [3.05, 3.63) is 28.8 Å². The number of ether oxygens (including phenoxy) is 1. The molecule has 1 aromatic rings. The van der Waals surface area contributed by atoms with Crippen LogP contribution in [-0.4, -0.2) is 12.1 Å². The van der Waals surface area contributed by atoms with Crippen molar-refractivity contribution < 1.29 is 9.53 Å². The summed E-state index contributed by atoms with van der Waals surface area (Å²) in [6, 6.07) is 3.53. The number of carbonyl (C=O) groups excluding carboxylic acids is 1. The van der Waals surface area contributed by atoms with Crippen LogP contribution >= 0.6 is 0 Å². The van der Waals surface area contributed by atoms with Gasteiger partial charge in [-0.3, -0.25) is 0 Å². The van der Waals surface area contributed by atoms with Crippen molar-refractivity contribution in [2.45, 2.75) is 40.2 Å². The van der Waals surface area contributed by atoms with E-state index in [2.05, 4.69) is 0 Å². The zero-order chi connectivity index (χ0) is 12.3. The lowest BCUT2D eigenvalue weighted by atomic mass is 10.0. The summed E-state index contributed by atoms with van der Waals surface area (Å²) in [4.78, 5) is 11.9. The van der Waals surface area contributed by atoms with E-state index in [4.69, 9.17) is 10.5 Å². The zero-order valence-corrected chi connectivity index (χ0v) is 10.3. The maximum Gasteiger partial charge on any atom is 0.338 e. The Bertz CT molecular complexity index is 399. The third-order valence-corrected chi connectivity index (χ3v) is 2.79. The van der Waals surface area contributed by atoms with Gasteiger partial charge in [-0.2, -0.15) is 0 Å².